The van der Waals surface area contributed by atoms with Gasteiger partial charge in [0.1, 0.15) is 5.78 Å². The number of ether oxygens (including phenoxy) is 1. The van der Waals surface area contributed by atoms with Gasteiger partial charge in [-0.25, -0.2) is 0 Å². The Morgan fingerprint density at radius 2 is 2.38 bits per heavy atom. The highest BCUT2D eigenvalue weighted by Crippen LogP contribution is 2.71. The Hall–Kier alpha value is -1.12. The number of Topliss-reactive ketones (excluding diaryl/α,β-unsaturated/α-hetero) is 1. The maximum absolute atomic E-state index is 11.5. The molecular formula is C10H10O3. The molecule has 0 aromatic heterocycles. The molecule has 4 aliphatic carbocycles. The van der Waals surface area contributed by atoms with Crippen molar-refractivity contribution in [2.24, 2.45) is 29.6 Å². The lowest BCUT2D eigenvalue weighted by Crippen LogP contribution is -2.21. The van der Waals surface area contributed by atoms with Crippen LogP contribution in [0.2, 0.25) is 0 Å². The van der Waals surface area contributed by atoms with Gasteiger partial charge in [-0.1, -0.05) is 6.58 Å². The van der Waals surface area contributed by atoms with Crippen LogP contribution in [-0.4, -0.2) is 11.8 Å². The number of esters is 1. The molecule has 5 atom stereocenters. The van der Waals surface area contributed by atoms with E-state index in [0.29, 0.717) is 17.6 Å². The maximum atomic E-state index is 11.5. The molecule has 0 aromatic carbocycles. The third-order valence-corrected chi connectivity index (χ3v) is 3.77. The Labute approximate surface area is 75.8 Å². The third-order valence-electron chi connectivity index (χ3n) is 3.77. The predicted molar refractivity (Wildman–Crippen MR) is 43.4 cm³/mol. The topological polar surface area (TPSA) is 43.4 Å². The first kappa shape index (κ1) is 7.30. The molecule has 3 unspecified atom stereocenters. The molecule has 0 aliphatic heterocycles. The van der Waals surface area contributed by atoms with Crippen LogP contribution in [0, 0.1) is 29.6 Å². The third kappa shape index (κ3) is 0.666. The molecule has 4 saturated carbocycles. The van der Waals surface area contributed by atoms with E-state index in [1.54, 1.807) is 0 Å². The monoisotopic (exact) mass is 178 g/mol. The van der Waals surface area contributed by atoms with Crippen molar-refractivity contribution < 1.29 is 14.3 Å². The molecule has 13 heavy (non-hydrogen) atoms. The Bertz CT molecular complexity index is 320. The van der Waals surface area contributed by atoms with Crippen LogP contribution in [0.3, 0.4) is 0 Å². The molecule has 0 aromatic rings. The summed E-state index contributed by atoms with van der Waals surface area (Å²) in [5.74, 6) is 0.951. The quantitative estimate of drug-likeness (QED) is 0.463. The highest BCUT2D eigenvalue weighted by Gasteiger charge is 2.75. The van der Waals surface area contributed by atoms with Crippen molar-refractivity contribution in [2.45, 2.75) is 6.42 Å². The zero-order valence-corrected chi connectivity index (χ0v) is 7.10. The van der Waals surface area contributed by atoms with Crippen LogP contribution < -0.4 is 0 Å². The molecule has 0 radical (unpaired) electrons. The van der Waals surface area contributed by atoms with Gasteiger partial charge in [0.2, 0.25) is 0 Å². The summed E-state index contributed by atoms with van der Waals surface area (Å²) in [4.78, 5) is 22.9. The number of hydrogen-bond donors (Lipinski definition) is 0. The Kier molecular flexibility index (Phi) is 1.14. The summed E-state index contributed by atoms with van der Waals surface area (Å²) < 4.78 is 4.74. The number of ketones is 1. The molecular weight excluding hydrogens is 168 g/mol. The van der Waals surface area contributed by atoms with Gasteiger partial charge in [0, 0.05) is 11.8 Å². The van der Waals surface area contributed by atoms with E-state index in [4.69, 9.17) is 4.74 Å². The lowest BCUT2D eigenvalue weighted by Gasteiger charge is -2.09. The van der Waals surface area contributed by atoms with E-state index in [-0.39, 0.29) is 23.7 Å². The maximum Gasteiger partial charge on any atom is 0.314 e. The van der Waals surface area contributed by atoms with E-state index in [2.05, 4.69) is 6.58 Å². The zero-order chi connectivity index (χ0) is 9.16. The summed E-state index contributed by atoms with van der Waals surface area (Å²) in [5, 5.41) is 0. The van der Waals surface area contributed by atoms with Gasteiger partial charge in [-0.05, 0) is 18.3 Å². The van der Waals surface area contributed by atoms with E-state index in [9.17, 15) is 9.59 Å². The molecule has 3 nitrogen and oxygen atoms in total. The Morgan fingerprint density at radius 1 is 1.62 bits per heavy atom. The van der Waals surface area contributed by atoms with Crippen LogP contribution >= 0.6 is 0 Å². The average Bonchev–Trinajstić information content (AvgIpc) is 2.40. The first-order valence-corrected chi connectivity index (χ1v) is 4.61. The van der Waals surface area contributed by atoms with Gasteiger partial charge in [0.25, 0.3) is 0 Å². The van der Waals surface area contributed by atoms with Crippen molar-refractivity contribution in [2.75, 3.05) is 0 Å². The van der Waals surface area contributed by atoms with Gasteiger partial charge < -0.3 is 4.74 Å². The van der Waals surface area contributed by atoms with Crippen molar-refractivity contribution >= 4 is 11.8 Å². The van der Waals surface area contributed by atoms with Gasteiger partial charge in [0.15, 0.2) is 0 Å². The molecule has 0 N–H and O–H groups in total. The second-order valence-corrected chi connectivity index (χ2v) is 4.14. The van der Waals surface area contributed by atoms with Gasteiger partial charge in [-0.15, -0.1) is 0 Å². The average molecular weight is 178 g/mol. The second kappa shape index (κ2) is 2.03. The molecule has 3 heteroatoms. The Morgan fingerprint density at radius 3 is 2.77 bits per heavy atom. The van der Waals surface area contributed by atoms with Crippen LogP contribution in [0.5, 0.6) is 0 Å². The normalized spacial score (nSPS) is 49.2. The van der Waals surface area contributed by atoms with Crippen LogP contribution in [0.25, 0.3) is 0 Å². The van der Waals surface area contributed by atoms with Gasteiger partial charge in [-0.3, -0.25) is 9.59 Å². The zero-order valence-electron chi connectivity index (χ0n) is 7.10. The fourth-order valence-corrected chi connectivity index (χ4v) is 3.33. The summed E-state index contributed by atoms with van der Waals surface area (Å²) >= 11 is 0. The van der Waals surface area contributed by atoms with Crippen molar-refractivity contribution in [3.63, 3.8) is 0 Å². The van der Waals surface area contributed by atoms with Crippen LogP contribution in [0.4, 0.5) is 0 Å². The van der Waals surface area contributed by atoms with E-state index in [1.807, 2.05) is 0 Å². The van der Waals surface area contributed by atoms with E-state index in [0.717, 1.165) is 12.7 Å². The highest BCUT2D eigenvalue weighted by molar-refractivity contribution is 5.98. The van der Waals surface area contributed by atoms with E-state index in [1.165, 1.54) is 0 Å². The molecule has 68 valence electrons. The summed E-state index contributed by atoms with van der Waals surface area (Å²) in [7, 11) is 0. The molecule has 4 aliphatic rings. The molecule has 0 saturated heterocycles. The van der Waals surface area contributed by atoms with Gasteiger partial charge >= 0.3 is 5.97 Å². The lowest BCUT2D eigenvalue weighted by atomic mass is 9.98. The van der Waals surface area contributed by atoms with Gasteiger partial charge in [-0.2, -0.15) is 0 Å². The van der Waals surface area contributed by atoms with E-state index < -0.39 is 0 Å². The van der Waals surface area contributed by atoms with Crippen molar-refractivity contribution in [1.82, 2.24) is 0 Å². The standard InChI is InChI=1S/C10H10O3/c1-2-13-10(12)8-5-3-4-6(8)7(4)9(5)11/h2,4-8H,1,3H2/t4?,5-,6?,7?,8+/m1/s1. The van der Waals surface area contributed by atoms with Crippen LogP contribution in [0.1, 0.15) is 6.42 Å². The van der Waals surface area contributed by atoms with Crippen LogP contribution in [-0.2, 0) is 14.3 Å². The number of carbonyl (C=O) groups excluding carboxylic acids is 2. The minimum Gasteiger partial charge on any atom is -0.435 e. The Balaban J connectivity index is 1.85. The van der Waals surface area contributed by atoms with Crippen molar-refractivity contribution in [3.05, 3.63) is 12.8 Å². The highest BCUT2D eigenvalue weighted by atomic mass is 16.5. The van der Waals surface area contributed by atoms with Crippen molar-refractivity contribution in [1.29, 1.82) is 0 Å². The lowest BCUT2D eigenvalue weighted by molar-refractivity contribution is -0.145. The molecule has 0 amide bonds. The molecule has 4 rings (SSSR count). The first-order valence-electron chi connectivity index (χ1n) is 4.61. The number of rotatable bonds is 2. The fourth-order valence-electron chi connectivity index (χ4n) is 3.33. The van der Waals surface area contributed by atoms with Crippen LogP contribution in [0.15, 0.2) is 12.8 Å². The SMILES string of the molecule is C=COC(=O)[C@@H]1C2C3C[C@H]1C(=O)C32. The van der Waals surface area contributed by atoms with E-state index >= 15 is 0 Å². The predicted octanol–water partition coefficient (Wildman–Crippen LogP) is 0.754. The number of carbonyl (C=O) groups is 2. The minimum absolute atomic E-state index is 0.0209. The molecule has 0 heterocycles. The molecule has 4 fully saturated rings. The first-order chi connectivity index (χ1) is 6.25. The largest absolute Gasteiger partial charge is 0.435 e. The molecule has 4 bridgehead atoms. The smallest absolute Gasteiger partial charge is 0.314 e. The number of hydrogen-bond acceptors (Lipinski definition) is 3. The van der Waals surface area contributed by atoms with Crippen molar-refractivity contribution in [3.8, 4) is 0 Å². The summed E-state index contributed by atoms with van der Waals surface area (Å²) in [6, 6.07) is 0. The molecule has 0 spiro atoms. The second-order valence-electron chi connectivity index (χ2n) is 4.14. The van der Waals surface area contributed by atoms with Gasteiger partial charge in [0.05, 0.1) is 12.2 Å². The fraction of sp³-hybridized carbons (Fsp3) is 0.600. The summed E-state index contributed by atoms with van der Waals surface area (Å²) in [6.07, 6.45) is 2.07. The summed E-state index contributed by atoms with van der Waals surface area (Å²) in [6.45, 7) is 3.34. The minimum atomic E-state index is -0.249. The summed E-state index contributed by atoms with van der Waals surface area (Å²) in [5.41, 5.74) is 0.